The van der Waals surface area contributed by atoms with Crippen LogP contribution in [-0.2, 0) is 13.6 Å². The van der Waals surface area contributed by atoms with Gasteiger partial charge in [-0.25, -0.2) is 0 Å². The van der Waals surface area contributed by atoms with Gasteiger partial charge in [0.2, 0.25) is 0 Å². The van der Waals surface area contributed by atoms with Crippen LogP contribution in [0.25, 0.3) is 0 Å². The normalized spacial score (nSPS) is 14.0. The van der Waals surface area contributed by atoms with Crippen molar-refractivity contribution < 1.29 is 4.74 Å². The largest absolute Gasteiger partial charge is 0.490 e. The quantitative estimate of drug-likeness (QED) is 0.500. The van der Waals surface area contributed by atoms with Crippen LogP contribution in [0.15, 0.2) is 35.6 Å². The molecule has 29 heavy (non-hydrogen) atoms. The van der Waals surface area contributed by atoms with E-state index < -0.39 is 0 Å². The molecule has 0 radical (unpaired) electrons. The third kappa shape index (κ3) is 6.78. The van der Waals surface area contributed by atoms with E-state index in [0.29, 0.717) is 6.54 Å². The summed E-state index contributed by atoms with van der Waals surface area (Å²) in [5.74, 6) is 1.69. The Morgan fingerprint density at radius 3 is 2.66 bits per heavy atom. The lowest BCUT2D eigenvalue weighted by atomic mass is 10.1. The predicted molar refractivity (Wildman–Crippen MR) is 119 cm³/mol. The first-order valence-corrected chi connectivity index (χ1v) is 10.2. The van der Waals surface area contributed by atoms with E-state index in [4.69, 9.17) is 4.74 Å². The second kappa shape index (κ2) is 10.9. The van der Waals surface area contributed by atoms with E-state index in [1.54, 1.807) is 7.05 Å². The average Bonchev–Trinajstić information content (AvgIpc) is 3.11. The first kappa shape index (κ1) is 22.7. The van der Waals surface area contributed by atoms with Crippen LogP contribution in [0.1, 0.15) is 43.0 Å². The molecule has 0 saturated heterocycles. The highest BCUT2D eigenvalue weighted by Crippen LogP contribution is 2.22. The van der Waals surface area contributed by atoms with Crippen LogP contribution in [0.4, 0.5) is 0 Å². The molecule has 1 aromatic heterocycles. The summed E-state index contributed by atoms with van der Waals surface area (Å²) in [6.45, 7) is 7.68. The number of nitrogens with zero attached hydrogens (tertiary/aromatic N) is 4. The molecular weight excluding hydrogens is 364 g/mol. The van der Waals surface area contributed by atoms with Gasteiger partial charge in [0.1, 0.15) is 5.75 Å². The zero-order valence-corrected chi connectivity index (χ0v) is 18.9. The number of hydrogen-bond donors (Lipinski definition) is 2. The molecule has 160 valence electrons. The standard InChI is InChI=1S/C22H36N6O/c1-8-17(3)29-21-11-16(2)9-10-18(21)12-24-22(23-4)25-14-20(27(5)6)19-13-26-28(7)15-19/h9-11,13,15,17,20H,8,12,14H2,1-7H3,(H2,23,24,25). The van der Waals surface area contributed by atoms with Crippen LogP contribution in [0.5, 0.6) is 5.75 Å². The lowest BCUT2D eigenvalue weighted by molar-refractivity contribution is 0.215. The SMILES string of the molecule is CCC(C)Oc1cc(C)ccc1CNC(=NC)NCC(c1cnn(C)c1)N(C)C. The number of hydrogen-bond acceptors (Lipinski definition) is 4. The van der Waals surface area contributed by atoms with Gasteiger partial charge in [-0.05, 0) is 46.0 Å². The summed E-state index contributed by atoms with van der Waals surface area (Å²) < 4.78 is 7.94. The Labute approximate surface area is 175 Å². The summed E-state index contributed by atoms with van der Waals surface area (Å²) in [6.07, 6.45) is 5.12. The van der Waals surface area contributed by atoms with E-state index in [1.165, 1.54) is 11.1 Å². The van der Waals surface area contributed by atoms with E-state index in [0.717, 1.165) is 30.2 Å². The van der Waals surface area contributed by atoms with Gasteiger partial charge in [-0.1, -0.05) is 19.1 Å². The third-order valence-corrected chi connectivity index (χ3v) is 4.99. The number of ether oxygens (including phenoxy) is 1. The van der Waals surface area contributed by atoms with Gasteiger partial charge in [0.05, 0.1) is 18.3 Å². The van der Waals surface area contributed by atoms with Gasteiger partial charge in [0.15, 0.2) is 5.96 Å². The molecule has 0 aliphatic rings. The lowest BCUT2D eigenvalue weighted by Crippen LogP contribution is -2.41. The van der Waals surface area contributed by atoms with Crippen LogP contribution in [-0.4, -0.2) is 54.4 Å². The number of aryl methyl sites for hydroxylation is 2. The molecule has 1 aromatic carbocycles. The molecule has 2 aromatic rings. The summed E-state index contributed by atoms with van der Waals surface area (Å²) in [4.78, 5) is 6.55. The Morgan fingerprint density at radius 1 is 1.31 bits per heavy atom. The van der Waals surface area contributed by atoms with Gasteiger partial charge < -0.3 is 20.3 Å². The number of nitrogens with one attached hydrogen (secondary N) is 2. The molecule has 2 atom stereocenters. The van der Waals surface area contributed by atoms with Gasteiger partial charge in [-0.2, -0.15) is 5.10 Å². The minimum atomic E-state index is 0.188. The zero-order chi connectivity index (χ0) is 21.4. The molecule has 0 spiro atoms. The van der Waals surface area contributed by atoms with Crippen molar-refractivity contribution in [3.8, 4) is 5.75 Å². The second-order valence-corrected chi connectivity index (χ2v) is 7.68. The number of aliphatic imine (C=N–C) groups is 1. The summed E-state index contributed by atoms with van der Waals surface area (Å²) in [6, 6.07) is 6.53. The minimum absolute atomic E-state index is 0.188. The highest BCUT2D eigenvalue weighted by Gasteiger charge is 2.16. The molecule has 0 amide bonds. The van der Waals surface area contributed by atoms with Crippen LogP contribution in [0.2, 0.25) is 0 Å². The van der Waals surface area contributed by atoms with E-state index in [1.807, 2.05) is 24.1 Å². The van der Waals surface area contributed by atoms with Gasteiger partial charge in [0.25, 0.3) is 0 Å². The van der Waals surface area contributed by atoms with Crippen molar-refractivity contribution in [2.24, 2.45) is 12.0 Å². The van der Waals surface area contributed by atoms with Crippen LogP contribution >= 0.6 is 0 Å². The highest BCUT2D eigenvalue weighted by atomic mass is 16.5. The Hall–Kier alpha value is -2.54. The van der Waals surface area contributed by atoms with Crippen molar-refractivity contribution in [2.45, 2.75) is 45.9 Å². The Morgan fingerprint density at radius 2 is 2.07 bits per heavy atom. The zero-order valence-electron chi connectivity index (χ0n) is 18.9. The van der Waals surface area contributed by atoms with Gasteiger partial charge in [-0.15, -0.1) is 0 Å². The second-order valence-electron chi connectivity index (χ2n) is 7.68. The van der Waals surface area contributed by atoms with Crippen LogP contribution in [0.3, 0.4) is 0 Å². The van der Waals surface area contributed by atoms with E-state index in [2.05, 4.69) is 78.7 Å². The summed E-state index contributed by atoms with van der Waals surface area (Å²) in [5.41, 5.74) is 3.48. The molecule has 2 rings (SSSR count). The van der Waals surface area contributed by atoms with Gasteiger partial charge in [0, 0.05) is 44.5 Å². The monoisotopic (exact) mass is 400 g/mol. The number of aromatic nitrogens is 2. The molecular formula is C22H36N6O. The topological polar surface area (TPSA) is 66.7 Å². The molecule has 0 aliphatic heterocycles. The molecule has 0 saturated carbocycles. The number of likely N-dealkylation sites (N-methyl/N-ethyl adjacent to an activating group) is 1. The number of rotatable bonds is 9. The van der Waals surface area contributed by atoms with Crippen molar-refractivity contribution in [3.05, 3.63) is 47.3 Å². The maximum Gasteiger partial charge on any atom is 0.191 e. The van der Waals surface area contributed by atoms with Crippen molar-refractivity contribution in [1.29, 1.82) is 0 Å². The van der Waals surface area contributed by atoms with Crippen LogP contribution < -0.4 is 15.4 Å². The summed E-state index contributed by atoms with van der Waals surface area (Å²) >= 11 is 0. The number of benzene rings is 1. The molecule has 7 nitrogen and oxygen atoms in total. The minimum Gasteiger partial charge on any atom is -0.490 e. The maximum atomic E-state index is 6.12. The molecule has 2 N–H and O–H groups in total. The smallest absolute Gasteiger partial charge is 0.191 e. The Bertz CT molecular complexity index is 798. The van der Waals surface area contributed by atoms with Crippen LogP contribution in [0, 0.1) is 6.92 Å². The predicted octanol–water partition coefficient (Wildman–Crippen LogP) is 2.87. The van der Waals surface area contributed by atoms with E-state index >= 15 is 0 Å². The highest BCUT2D eigenvalue weighted by molar-refractivity contribution is 5.79. The molecule has 1 heterocycles. The van der Waals surface area contributed by atoms with Gasteiger partial charge in [-0.3, -0.25) is 9.67 Å². The van der Waals surface area contributed by atoms with Crippen molar-refractivity contribution in [3.63, 3.8) is 0 Å². The molecule has 0 fully saturated rings. The third-order valence-electron chi connectivity index (χ3n) is 4.99. The van der Waals surface area contributed by atoms with E-state index in [9.17, 15) is 0 Å². The molecule has 0 aliphatic carbocycles. The van der Waals surface area contributed by atoms with Gasteiger partial charge >= 0.3 is 0 Å². The summed E-state index contributed by atoms with van der Waals surface area (Å²) in [5, 5.41) is 11.1. The maximum absolute atomic E-state index is 6.12. The Balaban J connectivity index is 2.00. The van der Waals surface area contributed by atoms with Crippen molar-refractivity contribution in [1.82, 2.24) is 25.3 Å². The lowest BCUT2D eigenvalue weighted by Gasteiger charge is -2.25. The fourth-order valence-electron chi connectivity index (χ4n) is 3.02. The van der Waals surface area contributed by atoms with E-state index in [-0.39, 0.29) is 12.1 Å². The molecule has 7 heteroatoms. The molecule has 0 bridgehead atoms. The fraction of sp³-hybridized carbons (Fsp3) is 0.545. The fourth-order valence-corrected chi connectivity index (χ4v) is 3.02. The first-order chi connectivity index (χ1) is 13.8. The average molecular weight is 401 g/mol. The van der Waals surface area contributed by atoms with Crippen molar-refractivity contribution in [2.75, 3.05) is 27.7 Å². The van der Waals surface area contributed by atoms with Crippen molar-refractivity contribution >= 4 is 5.96 Å². The molecule has 2 unspecified atom stereocenters. The number of guanidine groups is 1. The Kier molecular flexibility index (Phi) is 8.51. The first-order valence-electron chi connectivity index (χ1n) is 10.2. The summed E-state index contributed by atoms with van der Waals surface area (Å²) in [7, 11) is 7.86.